The smallest absolute Gasteiger partial charge is 0.238 e. The normalized spacial score (nSPS) is 10.4. The molecule has 0 aliphatic carbocycles. The van der Waals surface area contributed by atoms with Crippen LogP contribution in [-0.2, 0) is 11.3 Å². The van der Waals surface area contributed by atoms with Crippen LogP contribution < -0.4 is 20.1 Å². The Morgan fingerprint density at radius 1 is 0.793 bits per heavy atom. The number of hydrogen-bond acceptors (Lipinski definition) is 4. The second kappa shape index (κ2) is 11.1. The monoisotopic (exact) mass is 410 g/mol. The Bertz CT molecular complexity index is 902. The third-order valence-corrected chi connectivity index (χ3v) is 4.43. The second-order valence-electron chi connectivity index (χ2n) is 6.28. The van der Waals surface area contributed by atoms with Gasteiger partial charge in [0.25, 0.3) is 0 Å². The lowest BCUT2D eigenvalue weighted by Gasteiger charge is -2.10. The largest absolute Gasteiger partial charge is 0.490 e. The van der Waals surface area contributed by atoms with Crippen LogP contribution in [0.15, 0.2) is 78.9 Å². The number of amides is 1. The fourth-order valence-electron chi connectivity index (χ4n) is 2.63. The molecule has 2 N–H and O–H groups in total. The number of carbonyl (C=O) groups excluding carboxylic acids is 1. The van der Waals surface area contributed by atoms with E-state index in [2.05, 4.69) is 10.6 Å². The molecule has 0 aliphatic rings. The third-order valence-electron chi connectivity index (χ3n) is 4.06. The molecule has 29 heavy (non-hydrogen) atoms. The first-order valence-corrected chi connectivity index (χ1v) is 9.73. The second-order valence-corrected chi connectivity index (χ2v) is 6.68. The minimum atomic E-state index is -0.123. The number of rotatable bonds is 10. The van der Waals surface area contributed by atoms with Crippen LogP contribution in [0.5, 0.6) is 11.5 Å². The SMILES string of the molecule is O=C(CNCc1ccccc1Cl)Nc1ccc(OCCOc2ccccc2)cc1. The lowest BCUT2D eigenvalue weighted by Crippen LogP contribution is -2.27. The zero-order chi connectivity index (χ0) is 20.3. The number of carbonyl (C=O) groups is 1. The summed E-state index contributed by atoms with van der Waals surface area (Å²) >= 11 is 6.10. The van der Waals surface area contributed by atoms with E-state index in [-0.39, 0.29) is 12.5 Å². The highest BCUT2D eigenvalue weighted by Crippen LogP contribution is 2.16. The average Bonchev–Trinajstić information content (AvgIpc) is 2.74. The molecule has 3 aromatic carbocycles. The van der Waals surface area contributed by atoms with Crippen LogP contribution in [-0.4, -0.2) is 25.7 Å². The summed E-state index contributed by atoms with van der Waals surface area (Å²) in [5, 5.41) is 6.62. The highest BCUT2D eigenvalue weighted by molar-refractivity contribution is 6.31. The summed E-state index contributed by atoms with van der Waals surface area (Å²) in [6.45, 7) is 1.62. The van der Waals surface area contributed by atoms with E-state index >= 15 is 0 Å². The maximum absolute atomic E-state index is 12.1. The number of anilines is 1. The van der Waals surface area contributed by atoms with Crippen molar-refractivity contribution in [1.29, 1.82) is 0 Å². The van der Waals surface area contributed by atoms with Crippen LogP contribution in [0.4, 0.5) is 5.69 Å². The van der Waals surface area contributed by atoms with Gasteiger partial charge in [0.2, 0.25) is 5.91 Å². The van der Waals surface area contributed by atoms with Crippen LogP contribution in [0.2, 0.25) is 5.02 Å². The van der Waals surface area contributed by atoms with Crippen molar-refractivity contribution in [3.63, 3.8) is 0 Å². The molecule has 6 heteroatoms. The molecule has 5 nitrogen and oxygen atoms in total. The summed E-state index contributed by atoms with van der Waals surface area (Å²) in [5.41, 5.74) is 1.67. The predicted molar refractivity (Wildman–Crippen MR) is 116 cm³/mol. The Labute approximate surface area is 175 Å². The van der Waals surface area contributed by atoms with E-state index in [0.29, 0.717) is 30.5 Å². The Hall–Kier alpha value is -3.02. The van der Waals surface area contributed by atoms with E-state index in [1.54, 1.807) is 12.1 Å². The van der Waals surface area contributed by atoms with Crippen LogP contribution in [0, 0.1) is 0 Å². The van der Waals surface area contributed by atoms with Gasteiger partial charge in [-0.2, -0.15) is 0 Å². The first-order chi connectivity index (χ1) is 14.2. The van der Waals surface area contributed by atoms with E-state index in [9.17, 15) is 4.79 Å². The van der Waals surface area contributed by atoms with Crippen molar-refractivity contribution in [2.75, 3.05) is 25.1 Å². The number of benzene rings is 3. The van der Waals surface area contributed by atoms with Gasteiger partial charge in [0.05, 0.1) is 6.54 Å². The first kappa shape index (κ1) is 20.7. The van der Waals surface area contributed by atoms with Gasteiger partial charge in [0.15, 0.2) is 0 Å². The van der Waals surface area contributed by atoms with Gasteiger partial charge in [-0.25, -0.2) is 0 Å². The summed E-state index contributed by atoms with van der Waals surface area (Å²) in [4.78, 5) is 12.1. The highest BCUT2D eigenvalue weighted by Gasteiger charge is 2.04. The molecule has 0 aliphatic heterocycles. The lowest BCUT2D eigenvalue weighted by molar-refractivity contribution is -0.115. The van der Waals surface area contributed by atoms with Crippen LogP contribution in [0.1, 0.15) is 5.56 Å². The Balaban J connectivity index is 1.35. The number of ether oxygens (including phenoxy) is 2. The molecule has 0 radical (unpaired) electrons. The quantitative estimate of drug-likeness (QED) is 0.482. The van der Waals surface area contributed by atoms with Gasteiger partial charge in [-0.05, 0) is 48.0 Å². The topological polar surface area (TPSA) is 59.6 Å². The molecule has 1 amide bonds. The van der Waals surface area contributed by atoms with Gasteiger partial charge in [-0.3, -0.25) is 4.79 Å². The molecule has 0 aromatic heterocycles. The molecule has 0 fully saturated rings. The van der Waals surface area contributed by atoms with Gasteiger partial charge < -0.3 is 20.1 Å². The summed E-state index contributed by atoms with van der Waals surface area (Å²) < 4.78 is 11.2. The molecule has 0 spiro atoms. The fourth-order valence-corrected chi connectivity index (χ4v) is 2.83. The molecule has 0 unspecified atom stereocenters. The molecule has 0 bridgehead atoms. The average molecular weight is 411 g/mol. The van der Waals surface area contributed by atoms with Crippen LogP contribution in [0.3, 0.4) is 0 Å². The maximum atomic E-state index is 12.1. The van der Waals surface area contributed by atoms with E-state index in [1.165, 1.54) is 0 Å². The number of halogens is 1. The number of para-hydroxylation sites is 1. The van der Waals surface area contributed by atoms with Crippen molar-refractivity contribution in [2.45, 2.75) is 6.54 Å². The van der Waals surface area contributed by atoms with Gasteiger partial charge in [-0.15, -0.1) is 0 Å². The van der Waals surface area contributed by atoms with E-state index in [1.807, 2.05) is 66.7 Å². The zero-order valence-corrected chi connectivity index (χ0v) is 16.7. The molecule has 0 saturated heterocycles. The van der Waals surface area contributed by atoms with E-state index in [0.717, 1.165) is 17.1 Å². The van der Waals surface area contributed by atoms with Crippen LogP contribution in [0.25, 0.3) is 0 Å². The van der Waals surface area contributed by atoms with Crippen molar-refractivity contribution < 1.29 is 14.3 Å². The lowest BCUT2D eigenvalue weighted by atomic mass is 10.2. The minimum Gasteiger partial charge on any atom is -0.490 e. The fraction of sp³-hybridized carbons (Fsp3) is 0.174. The third kappa shape index (κ3) is 7.14. The molecule has 0 heterocycles. The summed E-state index contributed by atoms with van der Waals surface area (Å²) in [6.07, 6.45) is 0. The predicted octanol–water partition coefficient (Wildman–Crippen LogP) is 4.53. The number of nitrogens with one attached hydrogen (secondary N) is 2. The molecule has 0 atom stereocenters. The van der Waals surface area contributed by atoms with Gasteiger partial charge in [0.1, 0.15) is 24.7 Å². The Morgan fingerprint density at radius 3 is 2.10 bits per heavy atom. The highest BCUT2D eigenvalue weighted by atomic mass is 35.5. The van der Waals surface area contributed by atoms with Gasteiger partial charge >= 0.3 is 0 Å². The zero-order valence-electron chi connectivity index (χ0n) is 15.9. The van der Waals surface area contributed by atoms with E-state index in [4.69, 9.17) is 21.1 Å². The minimum absolute atomic E-state index is 0.123. The molecule has 3 aromatic rings. The molecule has 0 saturated carbocycles. The van der Waals surface area contributed by atoms with Crippen LogP contribution >= 0.6 is 11.6 Å². The molecular formula is C23H23ClN2O3. The number of hydrogen-bond donors (Lipinski definition) is 2. The summed E-state index contributed by atoms with van der Waals surface area (Å²) in [7, 11) is 0. The van der Waals surface area contributed by atoms with Gasteiger partial charge in [0, 0.05) is 17.3 Å². The Morgan fingerprint density at radius 2 is 1.41 bits per heavy atom. The van der Waals surface area contributed by atoms with Crippen molar-refractivity contribution in [2.24, 2.45) is 0 Å². The van der Waals surface area contributed by atoms with Gasteiger partial charge in [-0.1, -0.05) is 48.0 Å². The van der Waals surface area contributed by atoms with Crippen molar-refractivity contribution in [1.82, 2.24) is 5.32 Å². The molecular weight excluding hydrogens is 388 g/mol. The van der Waals surface area contributed by atoms with Crippen molar-refractivity contribution >= 4 is 23.2 Å². The maximum Gasteiger partial charge on any atom is 0.238 e. The van der Waals surface area contributed by atoms with E-state index < -0.39 is 0 Å². The standard InChI is InChI=1S/C23H23ClN2O3/c24-22-9-5-4-6-18(22)16-25-17-23(27)26-19-10-12-21(13-11-19)29-15-14-28-20-7-2-1-3-8-20/h1-13,25H,14-17H2,(H,26,27). The molecule has 3 rings (SSSR count). The Kier molecular flexibility index (Phi) is 7.92. The van der Waals surface area contributed by atoms with Crippen molar-refractivity contribution in [3.05, 3.63) is 89.4 Å². The summed E-state index contributed by atoms with van der Waals surface area (Å²) in [5.74, 6) is 1.41. The summed E-state index contributed by atoms with van der Waals surface area (Å²) in [6, 6.07) is 24.4. The first-order valence-electron chi connectivity index (χ1n) is 9.35. The molecule has 150 valence electrons. The van der Waals surface area contributed by atoms with Crippen molar-refractivity contribution in [3.8, 4) is 11.5 Å².